The van der Waals surface area contributed by atoms with E-state index in [0.717, 1.165) is 6.54 Å². The molecule has 1 aliphatic heterocycles. The predicted octanol–water partition coefficient (Wildman–Crippen LogP) is 0.570. The Morgan fingerprint density at radius 1 is 1.56 bits per heavy atom. The van der Waals surface area contributed by atoms with Gasteiger partial charge in [-0.1, -0.05) is 13.8 Å². The number of hydrogen-bond acceptors (Lipinski definition) is 3. The van der Waals surface area contributed by atoms with Gasteiger partial charge in [-0.25, -0.2) is 0 Å². The van der Waals surface area contributed by atoms with Gasteiger partial charge in [-0.05, 0) is 25.3 Å². The SMILES string of the molecule is CNC(=O)CC(CN)N1CCCC1C(C)C. The largest absolute Gasteiger partial charge is 0.359 e. The van der Waals surface area contributed by atoms with Crippen molar-refractivity contribution >= 4 is 5.91 Å². The van der Waals surface area contributed by atoms with E-state index in [1.807, 2.05) is 0 Å². The molecule has 0 aromatic rings. The smallest absolute Gasteiger partial charge is 0.221 e. The molecule has 2 unspecified atom stereocenters. The van der Waals surface area contributed by atoms with Crippen LogP contribution in [0.3, 0.4) is 0 Å². The summed E-state index contributed by atoms with van der Waals surface area (Å²) in [4.78, 5) is 13.9. The van der Waals surface area contributed by atoms with E-state index in [1.165, 1.54) is 12.8 Å². The van der Waals surface area contributed by atoms with Gasteiger partial charge in [0.05, 0.1) is 0 Å². The predicted molar refractivity (Wildman–Crippen MR) is 66.1 cm³/mol. The van der Waals surface area contributed by atoms with Crippen LogP contribution >= 0.6 is 0 Å². The normalized spacial score (nSPS) is 23.7. The Bertz CT molecular complexity index is 230. The molecule has 0 spiro atoms. The Hall–Kier alpha value is -0.610. The van der Waals surface area contributed by atoms with E-state index in [0.29, 0.717) is 24.9 Å². The van der Waals surface area contributed by atoms with Crippen molar-refractivity contribution in [3.63, 3.8) is 0 Å². The zero-order chi connectivity index (χ0) is 12.1. The Morgan fingerprint density at radius 2 is 2.25 bits per heavy atom. The molecule has 1 amide bonds. The molecule has 4 heteroatoms. The summed E-state index contributed by atoms with van der Waals surface area (Å²) in [6.07, 6.45) is 2.99. The third-order valence-electron chi connectivity index (χ3n) is 3.55. The van der Waals surface area contributed by atoms with Crippen LogP contribution in [0.2, 0.25) is 0 Å². The molecule has 0 radical (unpaired) electrons. The van der Waals surface area contributed by atoms with Crippen molar-refractivity contribution in [3.05, 3.63) is 0 Å². The molecule has 16 heavy (non-hydrogen) atoms. The van der Waals surface area contributed by atoms with Gasteiger partial charge >= 0.3 is 0 Å². The highest BCUT2D eigenvalue weighted by Crippen LogP contribution is 2.26. The second-order valence-corrected chi connectivity index (χ2v) is 4.96. The first kappa shape index (κ1) is 13.5. The molecule has 0 aromatic carbocycles. The average molecular weight is 227 g/mol. The minimum atomic E-state index is 0.0878. The van der Waals surface area contributed by atoms with Crippen LogP contribution in [0.5, 0.6) is 0 Å². The average Bonchev–Trinajstić information content (AvgIpc) is 2.74. The lowest BCUT2D eigenvalue weighted by atomic mass is 10.00. The molecule has 0 saturated carbocycles. The van der Waals surface area contributed by atoms with Crippen LogP contribution in [0.15, 0.2) is 0 Å². The first-order valence-electron chi connectivity index (χ1n) is 6.26. The molecule has 0 aliphatic carbocycles. The maximum Gasteiger partial charge on any atom is 0.221 e. The summed E-state index contributed by atoms with van der Waals surface area (Å²) in [5, 5.41) is 2.68. The van der Waals surface area contributed by atoms with Gasteiger partial charge in [0.1, 0.15) is 0 Å². The molecule has 1 heterocycles. The van der Waals surface area contributed by atoms with Crippen molar-refractivity contribution in [2.75, 3.05) is 20.1 Å². The van der Waals surface area contributed by atoms with Crippen molar-refractivity contribution < 1.29 is 4.79 Å². The van der Waals surface area contributed by atoms with Crippen molar-refractivity contribution in [3.8, 4) is 0 Å². The molecule has 3 N–H and O–H groups in total. The van der Waals surface area contributed by atoms with Crippen LogP contribution in [0.25, 0.3) is 0 Å². The maximum atomic E-state index is 11.4. The summed E-state index contributed by atoms with van der Waals surface area (Å²) in [5.41, 5.74) is 5.80. The third kappa shape index (κ3) is 3.19. The number of hydrogen-bond donors (Lipinski definition) is 2. The van der Waals surface area contributed by atoms with E-state index >= 15 is 0 Å². The Labute approximate surface area is 98.6 Å². The summed E-state index contributed by atoms with van der Waals surface area (Å²) < 4.78 is 0. The van der Waals surface area contributed by atoms with Crippen molar-refractivity contribution in [1.29, 1.82) is 0 Å². The van der Waals surface area contributed by atoms with E-state index in [1.54, 1.807) is 7.05 Å². The minimum absolute atomic E-state index is 0.0878. The van der Waals surface area contributed by atoms with Crippen molar-refractivity contribution in [2.45, 2.75) is 45.2 Å². The van der Waals surface area contributed by atoms with Crippen LogP contribution < -0.4 is 11.1 Å². The number of carbonyl (C=O) groups is 1. The fourth-order valence-corrected chi connectivity index (χ4v) is 2.64. The van der Waals surface area contributed by atoms with Crippen LogP contribution in [0.1, 0.15) is 33.1 Å². The maximum absolute atomic E-state index is 11.4. The zero-order valence-electron chi connectivity index (χ0n) is 10.7. The lowest BCUT2D eigenvalue weighted by molar-refractivity contribution is -0.121. The molecular formula is C12H25N3O. The van der Waals surface area contributed by atoms with Gasteiger partial charge in [0.15, 0.2) is 0 Å². The van der Waals surface area contributed by atoms with Gasteiger partial charge in [0.2, 0.25) is 5.91 Å². The first-order valence-corrected chi connectivity index (χ1v) is 6.26. The Morgan fingerprint density at radius 3 is 2.75 bits per heavy atom. The van der Waals surface area contributed by atoms with Gasteiger partial charge in [-0.3, -0.25) is 9.69 Å². The lowest BCUT2D eigenvalue weighted by Crippen LogP contribution is -2.47. The number of likely N-dealkylation sites (tertiary alicyclic amines) is 1. The molecule has 94 valence electrons. The van der Waals surface area contributed by atoms with E-state index in [-0.39, 0.29) is 11.9 Å². The summed E-state index contributed by atoms with van der Waals surface area (Å²) in [7, 11) is 1.68. The third-order valence-corrected chi connectivity index (χ3v) is 3.55. The highest BCUT2D eigenvalue weighted by atomic mass is 16.1. The fourth-order valence-electron chi connectivity index (χ4n) is 2.64. The molecule has 0 bridgehead atoms. The number of nitrogens with one attached hydrogen (secondary N) is 1. The second kappa shape index (κ2) is 6.21. The Balaban J connectivity index is 2.60. The summed E-state index contributed by atoms with van der Waals surface area (Å²) in [5.74, 6) is 0.728. The van der Waals surface area contributed by atoms with Crippen molar-refractivity contribution in [1.82, 2.24) is 10.2 Å². The van der Waals surface area contributed by atoms with Crippen molar-refractivity contribution in [2.24, 2.45) is 11.7 Å². The van der Waals surface area contributed by atoms with Gasteiger partial charge in [0, 0.05) is 32.1 Å². The highest BCUT2D eigenvalue weighted by molar-refractivity contribution is 5.76. The molecule has 4 nitrogen and oxygen atoms in total. The van der Waals surface area contributed by atoms with E-state index in [2.05, 4.69) is 24.1 Å². The molecule has 1 fully saturated rings. The molecular weight excluding hydrogens is 202 g/mol. The van der Waals surface area contributed by atoms with E-state index < -0.39 is 0 Å². The van der Waals surface area contributed by atoms with Gasteiger partial charge in [0.25, 0.3) is 0 Å². The second-order valence-electron chi connectivity index (χ2n) is 4.96. The molecule has 1 saturated heterocycles. The number of rotatable bonds is 5. The highest BCUT2D eigenvalue weighted by Gasteiger charge is 2.32. The topological polar surface area (TPSA) is 58.4 Å². The fraction of sp³-hybridized carbons (Fsp3) is 0.917. The zero-order valence-corrected chi connectivity index (χ0v) is 10.7. The monoisotopic (exact) mass is 227 g/mol. The molecule has 2 atom stereocenters. The van der Waals surface area contributed by atoms with Gasteiger partial charge in [-0.15, -0.1) is 0 Å². The number of amides is 1. The molecule has 1 aliphatic rings. The van der Waals surface area contributed by atoms with Gasteiger partial charge in [-0.2, -0.15) is 0 Å². The van der Waals surface area contributed by atoms with E-state index in [4.69, 9.17) is 5.73 Å². The van der Waals surface area contributed by atoms with Crippen LogP contribution in [-0.2, 0) is 4.79 Å². The Kier molecular flexibility index (Phi) is 5.22. The number of nitrogens with zero attached hydrogens (tertiary/aromatic N) is 1. The minimum Gasteiger partial charge on any atom is -0.359 e. The molecule has 1 rings (SSSR count). The van der Waals surface area contributed by atoms with E-state index in [9.17, 15) is 4.79 Å². The molecule has 0 aromatic heterocycles. The van der Waals surface area contributed by atoms with Gasteiger partial charge < -0.3 is 11.1 Å². The number of nitrogens with two attached hydrogens (primary N) is 1. The van der Waals surface area contributed by atoms with Crippen LogP contribution in [0.4, 0.5) is 0 Å². The van der Waals surface area contributed by atoms with Crippen LogP contribution in [-0.4, -0.2) is 43.0 Å². The summed E-state index contributed by atoms with van der Waals surface area (Å²) in [6, 6.07) is 0.799. The lowest BCUT2D eigenvalue weighted by Gasteiger charge is -2.34. The summed E-state index contributed by atoms with van der Waals surface area (Å²) >= 11 is 0. The quantitative estimate of drug-likeness (QED) is 0.722. The summed E-state index contributed by atoms with van der Waals surface area (Å²) in [6.45, 7) is 6.14. The standard InChI is InChI=1S/C12H25N3O/c1-9(2)11-5-4-6-15(11)10(8-13)7-12(16)14-3/h9-11H,4-8,13H2,1-3H3,(H,14,16). The van der Waals surface area contributed by atoms with Crippen LogP contribution in [0, 0.1) is 5.92 Å². The first-order chi connectivity index (χ1) is 7.60. The number of carbonyl (C=O) groups excluding carboxylic acids is 1.